The predicted molar refractivity (Wildman–Crippen MR) is 100 cm³/mol. The van der Waals surface area contributed by atoms with Gasteiger partial charge in [0.1, 0.15) is 5.82 Å². The van der Waals surface area contributed by atoms with E-state index in [4.69, 9.17) is 16.6 Å². The molecule has 4 nitrogen and oxygen atoms in total. The van der Waals surface area contributed by atoms with Gasteiger partial charge in [-0.2, -0.15) is 0 Å². The molecule has 1 atom stereocenters. The van der Waals surface area contributed by atoms with Gasteiger partial charge in [-0.25, -0.2) is 4.98 Å². The maximum atomic E-state index is 12.8. The molecule has 3 aromatic rings. The van der Waals surface area contributed by atoms with Crippen LogP contribution in [0.15, 0.2) is 48.5 Å². The third-order valence-electron chi connectivity index (χ3n) is 4.97. The standard InChI is InChI=1S/C20H20ClN3O/c1-23-18-10-3-2-9-17(18)22-19(23)15-7-5-11-24(13-15)20(25)14-6-4-8-16(21)12-14/h2-4,6,8-10,12,15H,5,7,11,13H2,1H3. The van der Waals surface area contributed by atoms with Gasteiger partial charge in [0.25, 0.3) is 5.91 Å². The molecule has 1 aromatic heterocycles. The highest BCUT2D eigenvalue weighted by atomic mass is 35.5. The highest BCUT2D eigenvalue weighted by Gasteiger charge is 2.28. The fourth-order valence-corrected chi connectivity index (χ4v) is 3.90. The Morgan fingerprint density at radius 2 is 2.04 bits per heavy atom. The normalized spacial score (nSPS) is 17.8. The molecule has 128 valence electrons. The van der Waals surface area contributed by atoms with E-state index in [2.05, 4.69) is 17.7 Å². The van der Waals surface area contributed by atoms with E-state index in [9.17, 15) is 4.79 Å². The van der Waals surface area contributed by atoms with Crippen molar-refractivity contribution in [3.05, 3.63) is 64.9 Å². The largest absolute Gasteiger partial charge is 0.338 e. The average Bonchev–Trinajstić information content (AvgIpc) is 2.98. The minimum atomic E-state index is 0.0472. The highest BCUT2D eigenvalue weighted by Crippen LogP contribution is 2.29. The summed E-state index contributed by atoms with van der Waals surface area (Å²) in [7, 11) is 2.06. The molecule has 1 saturated heterocycles. The van der Waals surface area contributed by atoms with Gasteiger partial charge in [0.2, 0.25) is 0 Å². The second-order valence-electron chi connectivity index (χ2n) is 6.62. The Kier molecular flexibility index (Phi) is 4.22. The quantitative estimate of drug-likeness (QED) is 0.691. The van der Waals surface area contributed by atoms with Gasteiger partial charge in [-0.05, 0) is 43.2 Å². The summed E-state index contributed by atoms with van der Waals surface area (Å²) in [6.45, 7) is 1.48. The number of piperidine rings is 1. The molecule has 4 rings (SSSR count). The molecular weight excluding hydrogens is 334 g/mol. The molecular formula is C20H20ClN3O. The van der Waals surface area contributed by atoms with Crippen LogP contribution in [0.2, 0.25) is 5.02 Å². The number of likely N-dealkylation sites (tertiary alicyclic amines) is 1. The number of benzene rings is 2. The van der Waals surface area contributed by atoms with Crippen molar-refractivity contribution in [2.75, 3.05) is 13.1 Å². The van der Waals surface area contributed by atoms with Crippen LogP contribution in [-0.4, -0.2) is 33.4 Å². The Morgan fingerprint density at radius 3 is 2.84 bits per heavy atom. The van der Waals surface area contributed by atoms with Crippen molar-refractivity contribution in [3.8, 4) is 0 Å². The lowest BCUT2D eigenvalue weighted by molar-refractivity contribution is 0.0704. The van der Waals surface area contributed by atoms with Crippen LogP contribution < -0.4 is 0 Å². The zero-order valence-electron chi connectivity index (χ0n) is 14.2. The number of carbonyl (C=O) groups excluding carboxylic acids is 1. The number of aromatic nitrogens is 2. The third kappa shape index (κ3) is 3.02. The first-order valence-electron chi connectivity index (χ1n) is 8.59. The number of carbonyl (C=O) groups is 1. The molecule has 1 fully saturated rings. The van der Waals surface area contributed by atoms with Crippen LogP contribution in [0.1, 0.15) is 34.9 Å². The number of hydrogen-bond donors (Lipinski definition) is 0. The lowest BCUT2D eigenvalue weighted by atomic mass is 9.96. The van der Waals surface area contributed by atoms with E-state index < -0.39 is 0 Å². The van der Waals surface area contributed by atoms with Gasteiger partial charge < -0.3 is 9.47 Å². The molecule has 2 aromatic carbocycles. The Morgan fingerprint density at radius 1 is 1.20 bits per heavy atom. The summed E-state index contributed by atoms with van der Waals surface area (Å²) in [5.41, 5.74) is 2.80. The molecule has 0 saturated carbocycles. The summed E-state index contributed by atoms with van der Waals surface area (Å²) in [4.78, 5) is 19.6. The number of halogens is 1. The molecule has 0 radical (unpaired) electrons. The first-order valence-corrected chi connectivity index (χ1v) is 8.97. The van der Waals surface area contributed by atoms with Crippen molar-refractivity contribution in [1.29, 1.82) is 0 Å². The second-order valence-corrected chi connectivity index (χ2v) is 7.05. The highest BCUT2D eigenvalue weighted by molar-refractivity contribution is 6.30. The Labute approximate surface area is 152 Å². The van der Waals surface area contributed by atoms with Gasteiger partial charge >= 0.3 is 0 Å². The smallest absolute Gasteiger partial charge is 0.253 e. The fourth-order valence-electron chi connectivity index (χ4n) is 3.71. The average molecular weight is 354 g/mol. The van der Waals surface area contributed by atoms with Crippen molar-refractivity contribution in [2.45, 2.75) is 18.8 Å². The summed E-state index contributed by atoms with van der Waals surface area (Å²) in [6, 6.07) is 15.3. The van der Waals surface area contributed by atoms with Gasteiger partial charge in [0.05, 0.1) is 11.0 Å². The van der Waals surface area contributed by atoms with Crippen LogP contribution in [0, 0.1) is 0 Å². The maximum Gasteiger partial charge on any atom is 0.253 e. The minimum absolute atomic E-state index is 0.0472. The van der Waals surface area contributed by atoms with E-state index >= 15 is 0 Å². The number of fused-ring (bicyclic) bond motifs is 1. The number of nitrogens with zero attached hydrogens (tertiary/aromatic N) is 3. The van der Waals surface area contributed by atoms with E-state index in [1.54, 1.807) is 12.1 Å². The molecule has 0 N–H and O–H groups in total. The topological polar surface area (TPSA) is 38.1 Å². The van der Waals surface area contributed by atoms with Crippen LogP contribution >= 0.6 is 11.6 Å². The molecule has 5 heteroatoms. The third-order valence-corrected chi connectivity index (χ3v) is 5.20. The second kappa shape index (κ2) is 6.52. The van der Waals surface area contributed by atoms with Crippen LogP contribution in [0.25, 0.3) is 11.0 Å². The molecule has 0 aliphatic carbocycles. The van der Waals surface area contributed by atoms with Crippen LogP contribution in [0.3, 0.4) is 0 Å². The van der Waals surface area contributed by atoms with E-state index in [1.807, 2.05) is 35.2 Å². The number of rotatable bonds is 2. The molecule has 1 aliphatic rings. The summed E-state index contributed by atoms with van der Waals surface area (Å²) < 4.78 is 2.16. The number of imidazole rings is 1. The Hall–Kier alpha value is -2.33. The fraction of sp³-hybridized carbons (Fsp3) is 0.300. The van der Waals surface area contributed by atoms with Gasteiger partial charge in [-0.15, -0.1) is 0 Å². The van der Waals surface area contributed by atoms with Gasteiger partial charge in [-0.1, -0.05) is 29.8 Å². The summed E-state index contributed by atoms with van der Waals surface area (Å²) >= 11 is 6.03. The van der Waals surface area contributed by atoms with Crippen LogP contribution in [-0.2, 0) is 7.05 Å². The zero-order chi connectivity index (χ0) is 17.4. The Bertz CT molecular complexity index is 934. The maximum absolute atomic E-state index is 12.8. The minimum Gasteiger partial charge on any atom is -0.338 e. The zero-order valence-corrected chi connectivity index (χ0v) is 14.9. The van der Waals surface area contributed by atoms with Gasteiger partial charge in [0, 0.05) is 36.6 Å². The van der Waals surface area contributed by atoms with Gasteiger partial charge in [-0.3, -0.25) is 4.79 Å². The van der Waals surface area contributed by atoms with Crippen LogP contribution in [0.4, 0.5) is 0 Å². The monoisotopic (exact) mass is 353 g/mol. The first-order chi connectivity index (χ1) is 12.1. The number of hydrogen-bond acceptors (Lipinski definition) is 2. The SMILES string of the molecule is Cn1c(C2CCCN(C(=O)c3cccc(Cl)c3)C2)nc2ccccc21. The molecule has 0 spiro atoms. The molecule has 2 heterocycles. The summed E-state index contributed by atoms with van der Waals surface area (Å²) in [6.07, 6.45) is 2.04. The first kappa shape index (κ1) is 16.2. The van der Waals surface area contributed by atoms with Gasteiger partial charge in [0.15, 0.2) is 0 Å². The van der Waals surface area contributed by atoms with E-state index in [0.717, 1.165) is 36.2 Å². The Balaban J connectivity index is 1.60. The van der Waals surface area contributed by atoms with E-state index in [-0.39, 0.29) is 11.8 Å². The van der Waals surface area contributed by atoms with Crippen LogP contribution in [0.5, 0.6) is 0 Å². The van der Waals surface area contributed by atoms with Crippen molar-refractivity contribution in [2.24, 2.45) is 7.05 Å². The van der Waals surface area contributed by atoms with Crippen molar-refractivity contribution in [1.82, 2.24) is 14.5 Å². The number of amides is 1. The summed E-state index contributed by atoms with van der Waals surface area (Å²) in [5, 5.41) is 0.592. The van der Waals surface area contributed by atoms with E-state index in [0.29, 0.717) is 17.1 Å². The molecule has 1 unspecified atom stereocenters. The molecule has 25 heavy (non-hydrogen) atoms. The molecule has 0 bridgehead atoms. The summed E-state index contributed by atoms with van der Waals surface area (Å²) in [5.74, 6) is 1.37. The molecule has 1 aliphatic heterocycles. The lowest BCUT2D eigenvalue weighted by Crippen LogP contribution is -2.39. The predicted octanol–water partition coefficient (Wildman–Crippen LogP) is 4.25. The lowest BCUT2D eigenvalue weighted by Gasteiger charge is -2.32. The van der Waals surface area contributed by atoms with E-state index in [1.165, 1.54) is 0 Å². The van der Waals surface area contributed by atoms with Crippen molar-refractivity contribution < 1.29 is 4.79 Å². The number of para-hydroxylation sites is 2. The number of aryl methyl sites for hydroxylation is 1. The molecule has 1 amide bonds. The van der Waals surface area contributed by atoms with Crippen molar-refractivity contribution >= 4 is 28.5 Å². The van der Waals surface area contributed by atoms with Crippen molar-refractivity contribution in [3.63, 3.8) is 0 Å².